The molecule has 0 aromatic carbocycles. The van der Waals surface area contributed by atoms with Crippen LogP contribution in [0.25, 0.3) is 0 Å². The largest absolute Gasteiger partial charge is 0.473 e. The molecule has 0 aromatic rings. The summed E-state index contributed by atoms with van der Waals surface area (Å²) in [7, 11) is 0. The second-order valence-electron chi connectivity index (χ2n) is 1.89. The second-order valence-corrected chi connectivity index (χ2v) is 1.89. The van der Waals surface area contributed by atoms with Gasteiger partial charge in [-0.05, 0) is 0 Å². The molecule has 0 radical (unpaired) electrons. The molecule has 0 saturated heterocycles. The minimum Gasteiger partial charge on any atom is -0.473 e. The number of aliphatic hydroxyl groups excluding tert-OH is 1. The van der Waals surface area contributed by atoms with E-state index >= 15 is 0 Å². The summed E-state index contributed by atoms with van der Waals surface area (Å²) in [5.41, 5.74) is 4.92. The number of carbonyl (C=O) groups is 3. The molecule has 0 rings (SSSR count). The highest BCUT2D eigenvalue weighted by atomic mass is 16.4. The van der Waals surface area contributed by atoms with Gasteiger partial charge in [-0.3, -0.25) is 4.79 Å². The average molecular weight is 208 g/mol. The summed E-state index contributed by atoms with van der Waals surface area (Å²) in [5.74, 6) is -3.89. The van der Waals surface area contributed by atoms with Crippen molar-refractivity contribution in [3.05, 3.63) is 0 Å². The lowest BCUT2D eigenvalue weighted by Gasteiger charge is -1.96. The molecule has 0 aliphatic carbocycles. The molecule has 0 aromatic heterocycles. The third kappa shape index (κ3) is 13.0. The molecule has 8 nitrogen and oxygen atoms in total. The summed E-state index contributed by atoms with van der Waals surface area (Å²) >= 11 is 0. The normalized spacial score (nSPS) is 8.14. The number of aliphatic hydroxyl groups is 1. The Bertz CT molecular complexity index is 192. The molecule has 0 saturated carbocycles. The van der Waals surface area contributed by atoms with Crippen LogP contribution in [0.4, 0.5) is 0 Å². The maximum Gasteiger partial charge on any atom is 0.414 e. The number of aliphatic carboxylic acids is 2. The molecule has 0 atom stereocenters. The van der Waals surface area contributed by atoms with E-state index in [0.29, 0.717) is 0 Å². The molecule has 0 heterocycles. The van der Waals surface area contributed by atoms with Gasteiger partial charge in [-0.25, -0.2) is 9.59 Å². The predicted molar refractivity (Wildman–Crippen MR) is 44.4 cm³/mol. The molecule has 8 heteroatoms. The number of carboxylic acids is 2. The van der Waals surface area contributed by atoms with E-state index in [1.165, 1.54) is 0 Å². The van der Waals surface area contributed by atoms with E-state index < -0.39 is 11.9 Å². The zero-order chi connectivity index (χ0) is 11.6. The Morgan fingerprint density at radius 3 is 1.79 bits per heavy atom. The van der Waals surface area contributed by atoms with E-state index in [2.05, 4.69) is 5.32 Å². The molecule has 0 fully saturated rings. The third-order valence-electron chi connectivity index (χ3n) is 0.802. The summed E-state index contributed by atoms with van der Waals surface area (Å²) in [4.78, 5) is 28.4. The van der Waals surface area contributed by atoms with Crippen LogP contribution in [0.15, 0.2) is 0 Å². The van der Waals surface area contributed by atoms with Crippen molar-refractivity contribution in [2.45, 2.75) is 0 Å². The highest BCUT2D eigenvalue weighted by Crippen LogP contribution is 1.57. The van der Waals surface area contributed by atoms with Crippen LogP contribution < -0.4 is 11.1 Å². The zero-order valence-corrected chi connectivity index (χ0v) is 7.27. The van der Waals surface area contributed by atoms with Gasteiger partial charge in [-0.15, -0.1) is 0 Å². The van der Waals surface area contributed by atoms with Gasteiger partial charge in [-0.1, -0.05) is 0 Å². The highest BCUT2D eigenvalue weighted by Gasteiger charge is 2.04. The lowest BCUT2D eigenvalue weighted by Crippen LogP contribution is -2.32. The minimum atomic E-state index is -1.82. The van der Waals surface area contributed by atoms with Crippen molar-refractivity contribution in [3.8, 4) is 0 Å². The number of amides is 1. The second kappa shape index (κ2) is 9.42. The molecule has 1 amide bonds. The van der Waals surface area contributed by atoms with Gasteiger partial charge in [0.1, 0.15) is 0 Å². The van der Waals surface area contributed by atoms with Crippen LogP contribution in [0.1, 0.15) is 0 Å². The number of nitrogens with one attached hydrogen (secondary N) is 1. The summed E-state index contributed by atoms with van der Waals surface area (Å²) in [6.45, 7) is 0.238. The van der Waals surface area contributed by atoms with Crippen LogP contribution >= 0.6 is 0 Å². The van der Waals surface area contributed by atoms with Crippen molar-refractivity contribution >= 4 is 17.8 Å². The number of rotatable bonds is 3. The quantitative estimate of drug-likeness (QED) is 0.314. The fourth-order valence-corrected chi connectivity index (χ4v) is 0.267. The van der Waals surface area contributed by atoms with Gasteiger partial charge in [0.25, 0.3) is 0 Å². The van der Waals surface area contributed by atoms with Gasteiger partial charge in [0.2, 0.25) is 5.91 Å². The monoisotopic (exact) mass is 208 g/mol. The van der Waals surface area contributed by atoms with Crippen molar-refractivity contribution in [2.75, 3.05) is 19.7 Å². The standard InChI is InChI=1S/C4H10N2O2.C2H2O4/c5-3-4(8)6-1-2-7;3-1(4)2(5)6/h7H,1-3,5H2,(H,6,8);(H,3,4)(H,5,6). The first-order valence-electron chi connectivity index (χ1n) is 3.49. The zero-order valence-electron chi connectivity index (χ0n) is 7.27. The van der Waals surface area contributed by atoms with E-state index in [9.17, 15) is 4.79 Å². The molecular formula is C6H12N2O6. The first kappa shape index (κ1) is 14.8. The van der Waals surface area contributed by atoms with Crippen molar-refractivity contribution in [1.82, 2.24) is 5.32 Å². The van der Waals surface area contributed by atoms with Crippen molar-refractivity contribution in [2.24, 2.45) is 5.73 Å². The SMILES string of the molecule is NCC(=O)NCCO.O=C(O)C(=O)O. The van der Waals surface area contributed by atoms with Gasteiger partial charge >= 0.3 is 11.9 Å². The van der Waals surface area contributed by atoms with Crippen LogP contribution in [-0.4, -0.2) is 52.9 Å². The van der Waals surface area contributed by atoms with Gasteiger partial charge in [0.05, 0.1) is 13.2 Å². The summed E-state index contributed by atoms with van der Waals surface area (Å²) in [6.07, 6.45) is 0. The molecule has 0 unspecified atom stereocenters. The third-order valence-corrected chi connectivity index (χ3v) is 0.802. The first-order valence-corrected chi connectivity index (χ1v) is 3.49. The summed E-state index contributed by atoms with van der Waals surface area (Å²) < 4.78 is 0. The van der Waals surface area contributed by atoms with Crippen molar-refractivity contribution in [3.63, 3.8) is 0 Å². The van der Waals surface area contributed by atoms with Crippen LogP contribution in [-0.2, 0) is 14.4 Å². The number of hydrogen-bond donors (Lipinski definition) is 5. The molecule has 0 spiro atoms. The number of carboxylic acid groups (broad SMARTS) is 2. The Balaban J connectivity index is 0. The van der Waals surface area contributed by atoms with Crippen molar-refractivity contribution in [1.29, 1.82) is 0 Å². The van der Waals surface area contributed by atoms with E-state index in [1.807, 2.05) is 0 Å². The van der Waals surface area contributed by atoms with E-state index in [0.717, 1.165) is 0 Å². The molecule has 6 N–H and O–H groups in total. The molecule has 14 heavy (non-hydrogen) atoms. The first-order chi connectivity index (χ1) is 6.45. The Kier molecular flexibility index (Phi) is 9.98. The molecule has 82 valence electrons. The Morgan fingerprint density at radius 1 is 1.14 bits per heavy atom. The van der Waals surface area contributed by atoms with Gasteiger partial charge in [-0.2, -0.15) is 0 Å². The predicted octanol–water partition coefficient (Wildman–Crippen LogP) is -2.79. The summed E-state index contributed by atoms with van der Waals surface area (Å²) in [5, 5.41) is 25.3. The molecular weight excluding hydrogens is 196 g/mol. The van der Waals surface area contributed by atoms with Crippen LogP contribution in [0.2, 0.25) is 0 Å². The van der Waals surface area contributed by atoms with Crippen LogP contribution in [0, 0.1) is 0 Å². The number of carbonyl (C=O) groups excluding carboxylic acids is 1. The number of nitrogens with two attached hydrogens (primary N) is 1. The van der Waals surface area contributed by atoms with Gasteiger partial charge < -0.3 is 26.4 Å². The van der Waals surface area contributed by atoms with Gasteiger partial charge in [0, 0.05) is 6.54 Å². The highest BCUT2D eigenvalue weighted by molar-refractivity contribution is 6.27. The molecule has 0 aliphatic heterocycles. The Labute approximate surface area is 79.3 Å². The minimum absolute atomic E-state index is 0.0139. The lowest BCUT2D eigenvalue weighted by atomic mass is 10.6. The number of hydrogen-bond acceptors (Lipinski definition) is 5. The smallest absolute Gasteiger partial charge is 0.414 e. The fraction of sp³-hybridized carbons (Fsp3) is 0.500. The molecule has 0 aliphatic rings. The lowest BCUT2D eigenvalue weighted by molar-refractivity contribution is -0.159. The van der Waals surface area contributed by atoms with Crippen molar-refractivity contribution < 1.29 is 29.7 Å². The Hall–Kier alpha value is -1.67. The maximum absolute atomic E-state index is 10.2. The van der Waals surface area contributed by atoms with E-state index in [1.54, 1.807) is 0 Å². The van der Waals surface area contributed by atoms with Crippen LogP contribution in [0.5, 0.6) is 0 Å². The summed E-state index contributed by atoms with van der Waals surface area (Å²) in [6, 6.07) is 0. The molecule has 0 bridgehead atoms. The fourth-order valence-electron chi connectivity index (χ4n) is 0.267. The topological polar surface area (TPSA) is 150 Å². The van der Waals surface area contributed by atoms with Gasteiger partial charge in [0.15, 0.2) is 0 Å². The van der Waals surface area contributed by atoms with E-state index in [-0.39, 0.29) is 25.6 Å². The van der Waals surface area contributed by atoms with E-state index in [4.69, 9.17) is 30.6 Å². The maximum atomic E-state index is 10.2. The average Bonchev–Trinajstić information content (AvgIpc) is 2.14. The van der Waals surface area contributed by atoms with Crippen LogP contribution in [0.3, 0.4) is 0 Å². The Morgan fingerprint density at radius 2 is 1.57 bits per heavy atom.